The van der Waals surface area contributed by atoms with Crippen LogP contribution in [-0.4, -0.2) is 31.4 Å². The van der Waals surface area contributed by atoms with E-state index in [1.807, 2.05) is 24.3 Å². The minimum Gasteiger partial charge on any atom is -0.497 e. The molecule has 1 N–H and O–H groups in total. The van der Waals surface area contributed by atoms with Crippen LogP contribution in [0, 0.1) is 0 Å². The van der Waals surface area contributed by atoms with Crippen LogP contribution in [0.5, 0.6) is 5.75 Å². The number of carboxylic acid groups (broad SMARTS) is 1. The van der Waals surface area contributed by atoms with Gasteiger partial charge in [0.1, 0.15) is 5.75 Å². The number of carboxylic acids is 1. The van der Waals surface area contributed by atoms with Crippen LogP contribution in [0.1, 0.15) is 24.8 Å². The molecule has 1 fully saturated rings. The highest BCUT2D eigenvalue weighted by molar-refractivity contribution is 5.66. The molecule has 0 saturated carbocycles. The molecule has 0 unspecified atom stereocenters. The number of carbonyl (C=O) groups is 1. The van der Waals surface area contributed by atoms with Crippen LogP contribution >= 0.6 is 0 Å². The van der Waals surface area contributed by atoms with E-state index in [0.717, 1.165) is 12.2 Å². The molecule has 1 aromatic rings. The second-order valence-electron chi connectivity index (χ2n) is 4.75. The molecule has 1 aromatic carbocycles. The fourth-order valence-electron chi connectivity index (χ4n) is 2.33. The SMILES string of the molecule is COc1ccc(C2(CCCC(=O)O)COC2)cc1. The summed E-state index contributed by atoms with van der Waals surface area (Å²) in [7, 11) is 1.64. The van der Waals surface area contributed by atoms with Crippen LogP contribution in [0.4, 0.5) is 0 Å². The Morgan fingerprint density at radius 1 is 1.39 bits per heavy atom. The summed E-state index contributed by atoms with van der Waals surface area (Å²) >= 11 is 0. The van der Waals surface area contributed by atoms with E-state index in [1.54, 1.807) is 7.11 Å². The molecule has 4 heteroatoms. The number of benzene rings is 1. The number of hydrogen-bond acceptors (Lipinski definition) is 3. The fraction of sp³-hybridized carbons (Fsp3) is 0.500. The predicted molar refractivity (Wildman–Crippen MR) is 67.0 cm³/mol. The van der Waals surface area contributed by atoms with Crippen LogP contribution in [0.2, 0.25) is 0 Å². The van der Waals surface area contributed by atoms with E-state index in [2.05, 4.69) is 0 Å². The van der Waals surface area contributed by atoms with E-state index in [1.165, 1.54) is 5.56 Å². The quantitative estimate of drug-likeness (QED) is 0.841. The van der Waals surface area contributed by atoms with Gasteiger partial charge in [0, 0.05) is 11.8 Å². The molecule has 1 aliphatic heterocycles. The summed E-state index contributed by atoms with van der Waals surface area (Å²) in [6.45, 7) is 1.36. The Hall–Kier alpha value is -1.55. The van der Waals surface area contributed by atoms with Gasteiger partial charge in [0.05, 0.1) is 20.3 Å². The van der Waals surface area contributed by atoms with Crippen LogP contribution in [-0.2, 0) is 14.9 Å². The summed E-state index contributed by atoms with van der Waals surface area (Å²) in [6, 6.07) is 7.96. The standard InChI is InChI=1S/C14H18O4/c1-17-12-6-4-11(5-7-12)14(9-18-10-14)8-2-3-13(15)16/h4-7H,2-3,8-10H2,1H3,(H,15,16). The molecule has 0 spiro atoms. The van der Waals surface area contributed by atoms with Gasteiger partial charge in [-0.1, -0.05) is 12.1 Å². The Labute approximate surface area is 107 Å². The van der Waals surface area contributed by atoms with E-state index >= 15 is 0 Å². The van der Waals surface area contributed by atoms with Gasteiger partial charge in [-0.25, -0.2) is 0 Å². The summed E-state index contributed by atoms with van der Waals surface area (Å²) in [5.41, 5.74) is 1.21. The van der Waals surface area contributed by atoms with Gasteiger partial charge >= 0.3 is 5.97 Å². The Kier molecular flexibility index (Phi) is 3.87. The van der Waals surface area contributed by atoms with Crippen molar-refractivity contribution in [3.8, 4) is 5.75 Å². The zero-order valence-electron chi connectivity index (χ0n) is 10.5. The first kappa shape index (κ1) is 12.9. The first-order valence-electron chi connectivity index (χ1n) is 6.10. The molecule has 0 amide bonds. The van der Waals surface area contributed by atoms with Gasteiger partial charge in [-0.15, -0.1) is 0 Å². The molecule has 1 saturated heterocycles. The molecule has 0 aromatic heterocycles. The minimum atomic E-state index is -0.736. The third-order valence-corrected chi connectivity index (χ3v) is 3.51. The van der Waals surface area contributed by atoms with E-state index in [9.17, 15) is 4.79 Å². The Bertz CT molecular complexity index is 406. The zero-order chi connectivity index (χ0) is 13.0. The molecule has 1 heterocycles. The highest BCUT2D eigenvalue weighted by atomic mass is 16.5. The highest BCUT2D eigenvalue weighted by Gasteiger charge is 2.39. The van der Waals surface area contributed by atoms with Crippen molar-refractivity contribution in [1.82, 2.24) is 0 Å². The molecule has 2 rings (SSSR count). The minimum absolute atomic E-state index is 0.00171. The lowest BCUT2D eigenvalue weighted by Crippen LogP contribution is -2.46. The van der Waals surface area contributed by atoms with E-state index in [0.29, 0.717) is 19.6 Å². The molecule has 0 atom stereocenters. The van der Waals surface area contributed by atoms with Gasteiger partial charge in [0.2, 0.25) is 0 Å². The first-order chi connectivity index (χ1) is 8.66. The molecule has 98 valence electrons. The maximum Gasteiger partial charge on any atom is 0.303 e. The first-order valence-corrected chi connectivity index (χ1v) is 6.10. The predicted octanol–water partition coefficient (Wildman–Crippen LogP) is 2.22. The Balaban J connectivity index is 2.03. The molecule has 0 aliphatic carbocycles. The van der Waals surface area contributed by atoms with E-state index in [4.69, 9.17) is 14.6 Å². The van der Waals surface area contributed by atoms with E-state index < -0.39 is 5.97 Å². The summed E-state index contributed by atoms with van der Waals surface area (Å²) in [5.74, 6) is 0.0970. The molecule has 4 nitrogen and oxygen atoms in total. The van der Waals surface area contributed by atoms with Crippen LogP contribution < -0.4 is 4.74 Å². The van der Waals surface area contributed by atoms with Crippen molar-refractivity contribution in [2.24, 2.45) is 0 Å². The molecule has 1 aliphatic rings. The van der Waals surface area contributed by atoms with Gasteiger partial charge in [0.15, 0.2) is 0 Å². The van der Waals surface area contributed by atoms with Crippen LogP contribution in [0.25, 0.3) is 0 Å². The van der Waals surface area contributed by atoms with Crippen molar-refractivity contribution in [2.45, 2.75) is 24.7 Å². The van der Waals surface area contributed by atoms with Crippen LogP contribution in [0.3, 0.4) is 0 Å². The van der Waals surface area contributed by atoms with Gasteiger partial charge < -0.3 is 14.6 Å². The maximum absolute atomic E-state index is 10.6. The highest BCUT2D eigenvalue weighted by Crippen LogP contribution is 2.37. The van der Waals surface area contributed by atoms with Crippen LogP contribution in [0.15, 0.2) is 24.3 Å². The Morgan fingerprint density at radius 3 is 2.50 bits per heavy atom. The second kappa shape index (κ2) is 5.40. The number of ether oxygens (including phenoxy) is 2. The second-order valence-corrected chi connectivity index (χ2v) is 4.75. The fourth-order valence-corrected chi connectivity index (χ4v) is 2.33. The van der Waals surface area contributed by atoms with Crippen molar-refractivity contribution < 1.29 is 19.4 Å². The number of rotatable bonds is 6. The monoisotopic (exact) mass is 250 g/mol. The number of aliphatic carboxylic acids is 1. The lowest BCUT2D eigenvalue weighted by Gasteiger charge is -2.42. The van der Waals surface area contributed by atoms with Crippen molar-refractivity contribution >= 4 is 5.97 Å². The van der Waals surface area contributed by atoms with E-state index in [-0.39, 0.29) is 11.8 Å². The van der Waals surface area contributed by atoms with Crippen molar-refractivity contribution in [3.05, 3.63) is 29.8 Å². The average molecular weight is 250 g/mol. The lowest BCUT2D eigenvalue weighted by atomic mass is 9.75. The summed E-state index contributed by atoms with van der Waals surface area (Å²) in [5, 5.41) is 8.69. The van der Waals surface area contributed by atoms with Gasteiger partial charge in [0.25, 0.3) is 0 Å². The summed E-state index contributed by atoms with van der Waals surface area (Å²) < 4.78 is 10.5. The Morgan fingerprint density at radius 2 is 2.06 bits per heavy atom. The third kappa shape index (κ3) is 2.64. The largest absolute Gasteiger partial charge is 0.497 e. The topological polar surface area (TPSA) is 55.8 Å². The average Bonchev–Trinajstić information content (AvgIpc) is 2.32. The number of methoxy groups -OCH3 is 1. The smallest absolute Gasteiger partial charge is 0.303 e. The maximum atomic E-state index is 10.6. The summed E-state index contributed by atoms with van der Waals surface area (Å²) in [6.07, 6.45) is 1.76. The normalized spacial score (nSPS) is 16.9. The lowest BCUT2D eigenvalue weighted by molar-refractivity contribution is -0.137. The van der Waals surface area contributed by atoms with Gasteiger partial charge in [-0.3, -0.25) is 4.79 Å². The van der Waals surface area contributed by atoms with Gasteiger partial charge in [-0.05, 0) is 30.5 Å². The number of hydrogen-bond donors (Lipinski definition) is 1. The molecular formula is C14H18O4. The molecule has 0 radical (unpaired) electrons. The molecule has 0 bridgehead atoms. The third-order valence-electron chi connectivity index (χ3n) is 3.51. The van der Waals surface area contributed by atoms with Gasteiger partial charge in [-0.2, -0.15) is 0 Å². The summed E-state index contributed by atoms with van der Waals surface area (Å²) in [4.78, 5) is 10.6. The molecular weight excluding hydrogens is 232 g/mol. The van der Waals surface area contributed by atoms with Crippen molar-refractivity contribution in [1.29, 1.82) is 0 Å². The van der Waals surface area contributed by atoms with Crippen molar-refractivity contribution in [2.75, 3.05) is 20.3 Å². The van der Waals surface area contributed by atoms with Crippen molar-refractivity contribution in [3.63, 3.8) is 0 Å². The zero-order valence-corrected chi connectivity index (χ0v) is 10.5. The molecule has 18 heavy (non-hydrogen) atoms.